The SMILES string of the molecule is CN(C)C(C)(C)CNCc1cccc(C(N)=O)c1. The first-order valence-corrected chi connectivity index (χ1v) is 6.10. The van der Waals surface area contributed by atoms with Gasteiger partial charge in [-0.15, -0.1) is 0 Å². The molecule has 1 aromatic rings. The monoisotopic (exact) mass is 249 g/mol. The van der Waals surface area contributed by atoms with Crippen LogP contribution in [-0.2, 0) is 6.54 Å². The number of nitrogens with two attached hydrogens (primary N) is 1. The van der Waals surface area contributed by atoms with E-state index in [1.165, 1.54) is 0 Å². The summed E-state index contributed by atoms with van der Waals surface area (Å²) < 4.78 is 0. The molecule has 0 aliphatic heterocycles. The highest BCUT2D eigenvalue weighted by molar-refractivity contribution is 5.92. The van der Waals surface area contributed by atoms with Gasteiger partial charge in [-0.1, -0.05) is 12.1 Å². The molecule has 0 atom stereocenters. The smallest absolute Gasteiger partial charge is 0.248 e. The number of rotatable bonds is 6. The first kappa shape index (κ1) is 14.7. The van der Waals surface area contributed by atoms with Gasteiger partial charge in [0, 0.05) is 24.2 Å². The zero-order valence-electron chi connectivity index (χ0n) is 11.7. The fourth-order valence-electron chi connectivity index (χ4n) is 1.51. The molecule has 0 saturated heterocycles. The van der Waals surface area contributed by atoms with Crippen molar-refractivity contribution in [2.24, 2.45) is 5.73 Å². The molecule has 100 valence electrons. The van der Waals surface area contributed by atoms with Gasteiger partial charge >= 0.3 is 0 Å². The molecule has 0 radical (unpaired) electrons. The summed E-state index contributed by atoms with van der Waals surface area (Å²) in [5.41, 5.74) is 6.98. The molecular formula is C14H23N3O. The van der Waals surface area contributed by atoms with E-state index in [1.54, 1.807) is 6.07 Å². The molecule has 0 spiro atoms. The van der Waals surface area contributed by atoms with E-state index in [2.05, 4.69) is 38.2 Å². The van der Waals surface area contributed by atoms with Crippen LogP contribution >= 0.6 is 0 Å². The Hall–Kier alpha value is -1.39. The summed E-state index contributed by atoms with van der Waals surface area (Å²) >= 11 is 0. The van der Waals surface area contributed by atoms with Gasteiger partial charge in [-0.2, -0.15) is 0 Å². The Labute approximate surface area is 109 Å². The van der Waals surface area contributed by atoms with Crippen LogP contribution in [0.2, 0.25) is 0 Å². The second-order valence-electron chi connectivity index (χ2n) is 5.38. The van der Waals surface area contributed by atoms with Gasteiger partial charge in [-0.25, -0.2) is 0 Å². The van der Waals surface area contributed by atoms with E-state index in [1.807, 2.05) is 18.2 Å². The summed E-state index contributed by atoms with van der Waals surface area (Å²) in [6, 6.07) is 7.41. The number of nitrogens with zero attached hydrogens (tertiary/aromatic N) is 1. The summed E-state index contributed by atoms with van der Waals surface area (Å²) in [5, 5.41) is 3.40. The van der Waals surface area contributed by atoms with Gasteiger partial charge in [0.15, 0.2) is 0 Å². The zero-order valence-corrected chi connectivity index (χ0v) is 11.7. The summed E-state index contributed by atoms with van der Waals surface area (Å²) in [5.74, 6) is -0.384. The number of carbonyl (C=O) groups is 1. The summed E-state index contributed by atoms with van der Waals surface area (Å²) in [7, 11) is 4.13. The molecule has 0 saturated carbocycles. The van der Waals surface area contributed by atoms with Gasteiger partial charge in [0.2, 0.25) is 5.91 Å². The molecule has 4 heteroatoms. The number of nitrogens with one attached hydrogen (secondary N) is 1. The highest BCUT2D eigenvalue weighted by Gasteiger charge is 2.19. The number of carbonyl (C=O) groups excluding carboxylic acids is 1. The Morgan fingerprint density at radius 3 is 2.61 bits per heavy atom. The molecule has 1 amide bonds. The van der Waals surface area contributed by atoms with Crippen LogP contribution in [0.4, 0.5) is 0 Å². The van der Waals surface area contributed by atoms with Crippen LogP contribution in [0.1, 0.15) is 29.8 Å². The van der Waals surface area contributed by atoms with Crippen LogP contribution < -0.4 is 11.1 Å². The molecule has 0 aromatic heterocycles. The third-order valence-corrected chi connectivity index (χ3v) is 3.31. The van der Waals surface area contributed by atoms with Crippen molar-refractivity contribution in [3.05, 3.63) is 35.4 Å². The fraction of sp³-hybridized carbons (Fsp3) is 0.500. The van der Waals surface area contributed by atoms with Crippen LogP contribution in [-0.4, -0.2) is 37.0 Å². The molecule has 0 fully saturated rings. The predicted molar refractivity (Wildman–Crippen MR) is 74.4 cm³/mol. The number of hydrogen-bond donors (Lipinski definition) is 2. The van der Waals surface area contributed by atoms with Crippen molar-refractivity contribution in [2.45, 2.75) is 25.9 Å². The number of likely N-dealkylation sites (N-methyl/N-ethyl adjacent to an activating group) is 1. The Balaban J connectivity index is 2.54. The van der Waals surface area contributed by atoms with Crippen LogP contribution in [0.15, 0.2) is 24.3 Å². The van der Waals surface area contributed by atoms with Crippen molar-refractivity contribution in [1.82, 2.24) is 10.2 Å². The van der Waals surface area contributed by atoms with Gasteiger partial charge in [-0.05, 0) is 45.6 Å². The molecule has 4 nitrogen and oxygen atoms in total. The minimum absolute atomic E-state index is 0.0985. The standard InChI is InChI=1S/C14H23N3O/c1-14(2,17(3)4)10-16-9-11-6-5-7-12(8-11)13(15)18/h5-8,16H,9-10H2,1-4H3,(H2,15,18). The lowest BCUT2D eigenvalue weighted by molar-refractivity contribution is 0.1000. The van der Waals surface area contributed by atoms with Crippen molar-refractivity contribution in [2.75, 3.05) is 20.6 Å². The number of hydrogen-bond acceptors (Lipinski definition) is 3. The van der Waals surface area contributed by atoms with Gasteiger partial charge in [0.25, 0.3) is 0 Å². The van der Waals surface area contributed by atoms with Gasteiger partial charge in [0.1, 0.15) is 0 Å². The zero-order chi connectivity index (χ0) is 13.8. The van der Waals surface area contributed by atoms with Crippen molar-refractivity contribution >= 4 is 5.91 Å². The van der Waals surface area contributed by atoms with Gasteiger partial charge < -0.3 is 16.0 Å². The molecule has 0 aliphatic rings. The van der Waals surface area contributed by atoms with Crippen LogP contribution in [0.25, 0.3) is 0 Å². The second-order valence-corrected chi connectivity index (χ2v) is 5.38. The van der Waals surface area contributed by atoms with Crippen LogP contribution in [0.3, 0.4) is 0 Å². The highest BCUT2D eigenvalue weighted by Crippen LogP contribution is 2.09. The van der Waals surface area contributed by atoms with Crippen LogP contribution in [0.5, 0.6) is 0 Å². The average Bonchev–Trinajstić information content (AvgIpc) is 2.29. The maximum atomic E-state index is 11.1. The first-order valence-electron chi connectivity index (χ1n) is 6.10. The number of primary amides is 1. The molecule has 3 N–H and O–H groups in total. The maximum Gasteiger partial charge on any atom is 0.248 e. The second kappa shape index (κ2) is 5.98. The van der Waals surface area contributed by atoms with E-state index in [4.69, 9.17) is 5.73 Å². The van der Waals surface area contributed by atoms with E-state index in [-0.39, 0.29) is 11.4 Å². The predicted octanol–water partition coefficient (Wildman–Crippen LogP) is 1.22. The van der Waals surface area contributed by atoms with E-state index < -0.39 is 0 Å². The summed E-state index contributed by atoms with van der Waals surface area (Å²) in [6.07, 6.45) is 0. The van der Waals surface area contributed by atoms with Crippen molar-refractivity contribution in [1.29, 1.82) is 0 Å². The van der Waals surface area contributed by atoms with E-state index in [9.17, 15) is 4.79 Å². The average molecular weight is 249 g/mol. The first-order chi connectivity index (χ1) is 8.33. The maximum absolute atomic E-state index is 11.1. The molecular weight excluding hydrogens is 226 g/mol. The van der Waals surface area contributed by atoms with Crippen molar-refractivity contribution in [3.8, 4) is 0 Å². The topological polar surface area (TPSA) is 58.4 Å². The van der Waals surface area contributed by atoms with Gasteiger partial charge in [0.05, 0.1) is 0 Å². The van der Waals surface area contributed by atoms with Gasteiger partial charge in [-0.3, -0.25) is 4.79 Å². The van der Waals surface area contributed by atoms with E-state index in [0.29, 0.717) is 5.56 Å². The van der Waals surface area contributed by atoms with Crippen LogP contribution in [0, 0.1) is 0 Å². The largest absolute Gasteiger partial charge is 0.366 e. The van der Waals surface area contributed by atoms with E-state index >= 15 is 0 Å². The quantitative estimate of drug-likeness (QED) is 0.797. The third kappa shape index (κ3) is 4.13. The van der Waals surface area contributed by atoms with E-state index in [0.717, 1.165) is 18.7 Å². The Morgan fingerprint density at radius 1 is 1.39 bits per heavy atom. The van der Waals surface area contributed by atoms with Crippen molar-refractivity contribution in [3.63, 3.8) is 0 Å². The minimum atomic E-state index is -0.384. The Kier molecular flexibility index (Phi) is 4.87. The molecule has 1 aromatic carbocycles. The third-order valence-electron chi connectivity index (χ3n) is 3.31. The lowest BCUT2D eigenvalue weighted by Crippen LogP contribution is -2.46. The lowest BCUT2D eigenvalue weighted by atomic mass is 10.0. The molecule has 0 aliphatic carbocycles. The molecule has 18 heavy (non-hydrogen) atoms. The summed E-state index contributed by atoms with van der Waals surface area (Å²) in [6.45, 7) is 5.97. The normalized spacial score (nSPS) is 11.8. The highest BCUT2D eigenvalue weighted by atomic mass is 16.1. The minimum Gasteiger partial charge on any atom is -0.366 e. The molecule has 0 unspecified atom stereocenters. The fourth-order valence-corrected chi connectivity index (χ4v) is 1.51. The Morgan fingerprint density at radius 2 is 2.06 bits per heavy atom. The summed E-state index contributed by atoms with van der Waals surface area (Å²) in [4.78, 5) is 13.3. The number of benzene rings is 1. The Bertz CT molecular complexity index is 413. The molecule has 0 bridgehead atoms. The van der Waals surface area contributed by atoms with Crippen molar-refractivity contribution < 1.29 is 4.79 Å². The molecule has 0 heterocycles. The lowest BCUT2D eigenvalue weighted by Gasteiger charge is -2.32. The number of amides is 1. The molecule has 1 rings (SSSR count).